The zero-order valence-corrected chi connectivity index (χ0v) is 45.5. The Balaban J connectivity index is 3.67. The maximum Gasteiger partial charge on any atom is 0.245 e. The Morgan fingerprint density at radius 3 is 1.61 bits per heavy atom. The summed E-state index contributed by atoms with van der Waals surface area (Å²) in [7, 11) is 0. The molecule has 0 aromatic heterocycles. The molecule has 1 aliphatic heterocycles. The van der Waals surface area contributed by atoms with Crippen LogP contribution in [-0.4, -0.2) is 188 Å². The lowest BCUT2D eigenvalue weighted by molar-refractivity contribution is -0.136. The van der Waals surface area contributed by atoms with Crippen molar-refractivity contribution < 1.29 is 63.0 Å². The summed E-state index contributed by atoms with van der Waals surface area (Å²) in [5.74, 6) is -9.47. The van der Waals surface area contributed by atoms with Crippen molar-refractivity contribution in [2.24, 2.45) is 40.5 Å². The van der Waals surface area contributed by atoms with Crippen LogP contribution in [0.3, 0.4) is 0 Å². The van der Waals surface area contributed by atoms with Crippen molar-refractivity contribution in [1.29, 1.82) is 0 Å². The van der Waals surface area contributed by atoms with E-state index in [1.807, 2.05) is 6.92 Å². The molecule has 0 spiro atoms. The van der Waals surface area contributed by atoms with Gasteiger partial charge in [-0.15, -0.1) is 0 Å². The number of hydrogen-bond donors (Lipinski definition) is 18. The number of rotatable bonds is 26. The summed E-state index contributed by atoms with van der Waals surface area (Å²) in [6.45, 7) is 8.23. The first-order chi connectivity index (χ1) is 36.4. The topological polar surface area (TPSA) is 491 Å². The molecular formula is C48H90N16O13. The largest absolute Gasteiger partial charge is 0.391 e. The smallest absolute Gasteiger partial charge is 0.245 e. The van der Waals surface area contributed by atoms with Crippen molar-refractivity contribution in [3.8, 4) is 0 Å². The minimum Gasteiger partial charge on any atom is -0.391 e. The van der Waals surface area contributed by atoms with Crippen molar-refractivity contribution in [3.05, 3.63) is 0 Å². The van der Waals surface area contributed by atoms with Gasteiger partial charge >= 0.3 is 0 Å². The van der Waals surface area contributed by atoms with E-state index in [-0.39, 0.29) is 83.6 Å². The lowest BCUT2D eigenvalue weighted by atomic mass is 10.0. The molecular weight excluding hydrogens is 1010 g/mol. The molecule has 0 aliphatic carbocycles. The molecule has 0 radical (unpaired) electrons. The molecule has 1 unspecified atom stereocenters. The highest BCUT2D eigenvalue weighted by Crippen LogP contribution is 2.12. The lowest BCUT2D eigenvalue weighted by Gasteiger charge is -2.28. The summed E-state index contributed by atoms with van der Waals surface area (Å²) in [5, 5.41) is 48.6. The Morgan fingerprint density at radius 2 is 1.10 bits per heavy atom. The molecule has 1 rings (SSSR count). The molecule has 29 nitrogen and oxygen atoms in total. The summed E-state index contributed by atoms with van der Waals surface area (Å²) in [6, 6.07) is -13.1. The molecule has 1 aliphatic rings. The highest BCUT2D eigenvalue weighted by molar-refractivity contribution is 5.98. The minimum absolute atomic E-state index is 0.0131. The van der Waals surface area contributed by atoms with Gasteiger partial charge in [-0.25, -0.2) is 0 Å². The molecule has 1 heterocycles. The van der Waals surface area contributed by atoms with Crippen molar-refractivity contribution >= 4 is 65.0 Å². The number of carbonyl (C=O) groups is 11. The monoisotopic (exact) mass is 1100 g/mol. The van der Waals surface area contributed by atoms with Gasteiger partial charge < -0.3 is 97.4 Å². The zero-order chi connectivity index (χ0) is 58.4. The molecule has 1 saturated heterocycles. The molecule has 0 saturated carbocycles. The van der Waals surface area contributed by atoms with Gasteiger partial charge in [0.15, 0.2) is 0 Å². The number of carbonyl (C=O) groups excluding carboxylic acids is 11. The Kier molecular flexibility index (Phi) is 33.0. The van der Waals surface area contributed by atoms with Gasteiger partial charge in [-0.05, 0) is 110 Å². The van der Waals surface area contributed by atoms with Crippen molar-refractivity contribution in [3.63, 3.8) is 0 Å². The number of nitrogens with one attached hydrogen (secondary N) is 11. The van der Waals surface area contributed by atoms with Gasteiger partial charge in [0, 0.05) is 13.0 Å². The van der Waals surface area contributed by atoms with Crippen molar-refractivity contribution in [2.75, 3.05) is 45.8 Å². The first kappa shape index (κ1) is 68.9. The Labute approximate surface area is 450 Å². The van der Waals surface area contributed by atoms with E-state index in [0.29, 0.717) is 12.3 Å². The molecule has 77 heavy (non-hydrogen) atoms. The number of amides is 11. The summed E-state index contributed by atoms with van der Waals surface area (Å²) in [4.78, 5) is 150. The maximum absolute atomic E-state index is 14.2. The van der Waals surface area contributed by atoms with E-state index in [1.165, 1.54) is 13.8 Å². The van der Waals surface area contributed by atoms with E-state index >= 15 is 0 Å². The van der Waals surface area contributed by atoms with E-state index in [1.54, 1.807) is 13.8 Å². The second-order valence-corrected chi connectivity index (χ2v) is 19.7. The third kappa shape index (κ3) is 25.7. The average Bonchev–Trinajstić information content (AvgIpc) is 3.36. The number of nitrogens with two attached hydrogens (primary N) is 5. The van der Waals surface area contributed by atoms with Crippen LogP contribution in [0.4, 0.5) is 0 Å². The summed E-state index contributed by atoms with van der Waals surface area (Å²) in [5.41, 5.74) is 28.9. The van der Waals surface area contributed by atoms with Crippen LogP contribution >= 0.6 is 0 Å². The van der Waals surface area contributed by atoms with Gasteiger partial charge in [-0.1, -0.05) is 40.5 Å². The Hall–Kier alpha value is -6.11. The number of aliphatic hydroxyl groups is 2. The van der Waals surface area contributed by atoms with Crippen LogP contribution in [0.2, 0.25) is 0 Å². The average molecular weight is 1100 g/mol. The zero-order valence-electron chi connectivity index (χ0n) is 45.5. The Morgan fingerprint density at radius 1 is 0.584 bits per heavy atom. The molecule has 0 bridgehead atoms. The molecule has 1 fully saturated rings. The molecule has 23 N–H and O–H groups in total. The van der Waals surface area contributed by atoms with E-state index in [9.17, 15) is 63.0 Å². The molecule has 12 atom stereocenters. The summed E-state index contributed by atoms with van der Waals surface area (Å²) in [6.07, 6.45) is -1.80. The van der Waals surface area contributed by atoms with E-state index in [2.05, 4.69) is 65.4 Å². The van der Waals surface area contributed by atoms with Gasteiger partial charge in [0.1, 0.15) is 54.4 Å². The van der Waals surface area contributed by atoms with Gasteiger partial charge in [0.25, 0.3) is 0 Å². The standard InChI is InChI=1S/C48H90N16O13/c1-7-26(4)9-8-10-36(67)56-30(12-18-50)44(73)64-39(28(6)66)48(77)62-32(14-20-52)42(71)61-34-16-22-54-47(76)38(27(5)65)63-45(74)33(15-21-53)59-41(70)31(13-19-51)60-46(75)35(23-25(2)3)57-37(68)24-55-40(69)29(11-17-49)58-43(34)72/h25-35,38-39,65-66H,7-24,49-53H2,1-6H3,(H,54,76)(H,55,69)(H,56,67)(H,57,68)(H,58,72)(H,59,70)(H,60,75)(H,61,71)(H,62,77)(H,63,74)(H,64,73)/t26?,27-,28-,29+,30+,31+,32+,33+,34+,35+,38+,39+/m1/s1. The first-order valence-corrected chi connectivity index (χ1v) is 26.5. The van der Waals surface area contributed by atoms with Crippen LogP contribution in [0.15, 0.2) is 0 Å². The lowest BCUT2D eigenvalue weighted by Crippen LogP contribution is -2.61. The SMILES string of the molecule is CCC(C)CCCC(=O)N[C@@H](CCN)C(=O)N[C@H](C(=O)N[C@@H](CCN)C(=O)N[C@H]1CCNC(=O)[C@H]([C@@H](C)O)NC(=O)[C@H](CCN)NC(=O)[C@H](CCN)NC(=O)[C@H](CC(C)C)NC(=O)CNC(=O)[C@H](CCN)NC1=O)[C@@H](C)O. The van der Waals surface area contributed by atoms with E-state index in [0.717, 1.165) is 12.8 Å². The fourth-order valence-electron chi connectivity index (χ4n) is 7.89. The molecule has 0 aromatic carbocycles. The van der Waals surface area contributed by atoms with E-state index < -0.39 is 151 Å². The quantitative estimate of drug-likeness (QED) is 0.0383. The second kappa shape index (κ2) is 36.8. The van der Waals surface area contributed by atoms with Crippen molar-refractivity contribution in [2.45, 2.75) is 179 Å². The molecule has 440 valence electrons. The predicted octanol–water partition coefficient (Wildman–Crippen LogP) is -7.25. The number of hydrogen-bond acceptors (Lipinski definition) is 18. The van der Waals surface area contributed by atoms with Crippen LogP contribution in [0.25, 0.3) is 0 Å². The fraction of sp³-hybridized carbons (Fsp3) is 0.771. The van der Waals surface area contributed by atoms with Crippen molar-refractivity contribution in [1.82, 2.24) is 58.5 Å². The maximum atomic E-state index is 14.2. The fourth-order valence-corrected chi connectivity index (χ4v) is 7.89. The second-order valence-electron chi connectivity index (χ2n) is 19.7. The van der Waals surface area contributed by atoms with Crippen LogP contribution in [0.1, 0.15) is 112 Å². The summed E-state index contributed by atoms with van der Waals surface area (Å²) >= 11 is 0. The van der Waals surface area contributed by atoms with Crippen LogP contribution in [0, 0.1) is 11.8 Å². The van der Waals surface area contributed by atoms with Crippen LogP contribution in [0.5, 0.6) is 0 Å². The minimum atomic E-state index is -1.69. The van der Waals surface area contributed by atoms with Gasteiger partial charge in [-0.2, -0.15) is 0 Å². The van der Waals surface area contributed by atoms with Crippen LogP contribution < -0.4 is 87.2 Å². The Bertz CT molecular complexity index is 1950. The van der Waals surface area contributed by atoms with E-state index in [4.69, 9.17) is 28.7 Å². The van der Waals surface area contributed by atoms with Gasteiger partial charge in [0.2, 0.25) is 65.0 Å². The first-order valence-electron chi connectivity index (χ1n) is 26.5. The third-order valence-corrected chi connectivity index (χ3v) is 12.5. The molecule has 0 aromatic rings. The molecule has 11 amide bonds. The van der Waals surface area contributed by atoms with Gasteiger partial charge in [0.05, 0.1) is 18.8 Å². The number of aliphatic hydroxyl groups excluding tert-OH is 2. The normalized spacial score (nSPS) is 23.1. The summed E-state index contributed by atoms with van der Waals surface area (Å²) < 4.78 is 0. The van der Waals surface area contributed by atoms with Gasteiger partial charge in [-0.3, -0.25) is 52.7 Å². The highest BCUT2D eigenvalue weighted by Gasteiger charge is 2.36. The highest BCUT2D eigenvalue weighted by atomic mass is 16.3. The third-order valence-electron chi connectivity index (χ3n) is 12.5. The molecule has 29 heteroatoms. The van der Waals surface area contributed by atoms with Crippen LogP contribution in [-0.2, 0) is 52.7 Å². The predicted molar refractivity (Wildman–Crippen MR) is 282 cm³/mol.